The van der Waals surface area contributed by atoms with Crippen molar-refractivity contribution in [3.05, 3.63) is 42.2 Å². The lowest BCUT2D eigenvalue weighted by Crippen LogP contribution is -2.31. The zero-order chi connectivity index (χ0) is 14.5. The van der Waals surface area contributed by atoms with Crippen LogP contribution in [0, 0.1) is 0 Å². The van der Waals surface area contributed by atoms with E-state index in [4.69, 9.17) is 10.5 Å². The van der Waals surface area contributed by atoms with Gasteiger partial charge in [-0.15, -0.1) is 11.8 Å². The summed E-state index contributed by atoms with van der Waals surface area (Å²) in [6.45, 7) is 2.07. The molecule has 4 nitrogen and oxygen atoms in total. The molecular formula is C15H21N3OS. The largest absolute Gasteiger partial charge is 0.483 e. The van der Waals surface area contributed by atoms with Gasteiger partial charge in [0, 0.05) is 29.7 Å². The maximum Gasteiger partial charge on any atom is 0.142 e. The zero-order valence-electron chi connectivity index (χ0n) is 12.1. The summed E-state index contributed by atoms with van der Waals surface area (Å²) < 4.78 is 7.96. The summed E-state index contributed by atoms with van der Waals surface area (Å²) in [7, 11) is 1.90. The van der Waals surface area contributed by atoms with E-state index in [2.05, 4.69) is 18.1 Å². The second kappa shape index (κ2) is 6.81. The molecule has 0 fully saturated rings. The Bertz CT molecular complexity index is 556. The van der Waals surface area contributed by atoms with Crippen LogP contribution >= 0.6 is 11.8 Å². The third kappa shape index (κ3) is 3.35. The molecule has 2 aromatic rings. The van der Waals surface area contributed by atoms with Crippen molar-refractivity contribution >= 4 is 11.8 Å². The number of hydrogen-bond donors (Lipinski definition) is 1. The first-order chi connectivity index (χ1) is 9.65. The summed E-state index contributed by atoms with van der Waals surface area (Å²) in [5, 5.41) is 4.21. The molecule has 1 heterocycles. The fourth-order valence-electron chi connectivity index (χ4n) is 2.06. The van der Waals surface area contributed by atoms with Crippen molar-refractivity contribution < 1.29 is 4.74 Å². The van der Waals surface area contributed by atoms with Crippen molar-refractivity contribution in [3.63, 3.8) is 0 Å². The van der Waals surface area contributed by atoms with Crippen LogP contribution in [0.25, 0.3) is 0 Å². The molecule has 2 unspecified atom stereocenters. The highest BCUT2D eigenvalue weighted by Gasteiger charge is 2.22. The van der Waals surface area contributed by atoms with E-state index in [0.717, 1.165) is 22.6 Å². The van der Waals surface area contributed by atoms with Crippen LogP contribution in [-0.4, -0.2) is 22.1 Å². The average Bonchev–Trinajstić information content (AvgIpc) is 2.90. The molecule has 0 saturated carbocycles. The van der Waals surface area contributed by atoms with Gasteiger partial charge in [0.05, 0.1) is 6.20 Å². The minimum atomic E-state index is -0.179. The third-order valence-electron chi connectivity index (χ3n) is 3.24. The molecule has 5 heteroatoms. The Hall–Kier alpha value is -1.46. The minimum Gasteiger partial charge on any atom is -0.483 e. The monoisotopic (exact) mass is 291 g/mol. The molecule has 2 N–H and O–H groups in total. The topological polar surface area (TPSA) is 53.1 Å². The molecule has 0 aliphatic carbocycles. The first kappa shape index (κ1) is 14.9. The van der Waals surface area contributed by atoms with Gasteiger partial charge in [0.1, 0.15) is 11.9 Å². The molecule has 0 aliphatic rings. The summed E-state index contributed by atoms with van der Waals surface area (Å²) >= 11 is 1.67. The minimum absolute atomic E-state index is 0.0610. The van der Waals surface area contributed by atoms with Crippen molar-refractivity contribution in [2.24, 2.45) is 12.8 Å². The molecule has 0 spiro atoms. The number of rotatable bonds is 6. The van der Waals surface area contributed by atoms with Crippen LogP contribution in [0.5, 0.6) is 5.75 Å². The number of nitrogens with zero attached hydrogens (tertiary/aromatic N) is 2. The molecule has 108 valence electrons. The number of thioether (sulfide) groups is 1. The number of nitrogens with two attached hydrogens (primary N) is 1. The van der Waals surface area contributed by atoms with E-state index in [9.17, 15) is 0 Å². The fourth-order valence-corrected chi connectivity index (χ4v) is 2.59. The molecule has 0 saturated heterocycles. The van der Waals surface area contributed by atoms with Gasteiger partial charge in [-0.1, -0.05) is 19.1 Å². The lowest BCUT2D eigenvalue weighted by Gasteiger charge is -2.24. The van der Waals surface area contributed by atoms with Crippen LogP contribution in [0.2, 0.25) is 0 Å². The predicted octanol–water partition coefficient (Wildman–Crippen LogP) is 3.00. The van der Waals surface area contributed by atoms with E-state index >= 15 is 0 Å². The third-order valence-corrected chi connectivity index (χ3v) is 4.01. The van der Waals surface area contributed by atoms with Crippen LogP contribution < -0.4 is 10.5 Å². The average molecular weight is 291 g/mol. The summed E-state index contributed by atoms with van der Waals surface area (Å²) in [6.07, 6.45) is 6.49. The van der Waals surface area contributed by atoms with Crippen molar-refractivity contribution in [3.8, 4) is 5.75 Å². The maximum atomic E-state index is 6.23. The van der Waals surface area contributed by atoms with Crippen LogP contribution in [0.15, 0.2) is 41.6 Å². The molecule has 1 aromatic carbocycles. The highest BCUT2D eigenvalue weighted by atomic mass is 32.2. The van der Waals surface area contributed by atoms with Crippen molar-refractivity contribution in [2.45, 2.75) is 30.4 Å². The fraction of sp³-hybridized carbons (Fsp3) is 0.400. The highest BCUT2D eigenvalue weighted by Crippen LogP contribution is 2.32. The summed E-state index contributed by atoms with van der Waals surface area (Å²) in [5.74, 6) is 0.873. The number of para-hydroxylation sites is 1. The van der Waals surface area contributed by atoms with Gasteiger partial charge >= 0.3 is 0 Å². The van der Waals surface area contributed by atoms with Gasteiger partial charge in [0.25, 0.3) is 0 Å². The van der Waals surface area contributed by atoms with Crippen LogP contribution in [0.1, 0.15) is 25.0 Å². The molecular weight excluding hydrogens is 270 g/mol. The van der Waals surface area contributed by atoms with Gasteiger partial charge in [-0.25, -0.2) is 0 Å². The Morgan fingerprint density at radius 3 is 2.75 bits per heavy atom. The summed E-state index contributed by atoms with van der Waals surface area (Å²) in [4.78, 5) is 1.12. The van der Waals surface area contributed by atoms with Crippen molar-refractivity contribution in [1.29, 1.82) is 0 Å². The van der Waals surface area contributed by atoms with Gasteiger partial charge in [-0.05, 0) is 24.8 Å². The van der Waals surface area contributed by atoms with Crippen molar-refractivity contribution in [1.82, 2.24) is 9.78 Å². The molecule has 0 radical (unpaired) electrons. The summed E-state index contributed by atoms with van der Waals surface area (Å²) in [5.41, 5.74) is 7.24. The number of ether oxygens (including phenoxy) is 1. The standard InChI is InChI=1S/C15H21N3OS/c1-4-12(16)15(11-9-17-18(2)10-11)19-13-7-5-6-8-14(13)20-3/h5-10,12,15H,4,16H2,1-3H3. The number of aryl methyl sites for hydroxylation is 1. The first-order valence-corrected chi connectivity index (χ1v) is 7.92. The Labute approximate surface area is 124 Å². The van der Waals surface area contributed by atoms with Crippen LogP contribution in [0.4, 0.5) is 0 Å². The molecule has 20 heavy (non-hydrogen) atoms. The smallest absolute Gasteiger partial charge is 0.142 e. The Kier molecular flexibility index (Phi) is 5.09. The molecule has 2 rings (SSSR count). The van der Waals surface area contributed by atoms with Gasteiger partial charge in [0.15, 0.2) is 0 Å². The SMILES string of the molecule is CCC(N)C(Oc1ccccc1SC)c1cnn(C)c1. The lowest BCUT2D eigenvalue weighted by atomic mass is 10.0. The molecule has 2 atom stereocenters. The van der Waals surface area contributed by atoms with Gasteiger partial charge < -0.3 is 10.5 Å². The van der Waals surface area contributed by atoms with Gasteiger partial charge in [0.2, 0.25) is 0 Å². The first-order valence-electron chi connectivity index (χ1n) is 6.69. The van der Waals surface area contributed by atoms with Crippen LogP contribution in [-0.2, 0) is 7.05 Å². The van der Waals surface area contributed by atoms with E-state index in [1.807, 2.05) is 43.9 Å². The maximum absolute atomic E-state index is 6.23. The zero-order valence-corrected chi connectivity index (χ0v) is 12.9. The van der Waals surface area contributed by atoms with E-state index in [0.29, 0.717) is 0 Å². The van der Waals surface area contributed by atoms with Crippen molar-refractivity contribution in [2.75, 3.05) is 6.26 Å². The van der Waals surface area contributed by atoms with E-state index in [1.165, 1.54) is 0 Å². The second-order valence-electron chi connectivity index (χ2n) is 4.71. The molecule has 0 bridgehead atoms. The Balaban J connectivity index is 2.28. The number of aromatic nitrogens is 2. The Morgan fingerprint density at radius 2 is 2.15 bits per heavy atom. The lowest BCUT2D eigenvalue weighted by molar-refractivity contribution is 0.166. The molecule has 1 aromatic heterocycles. The van der Waals surface area contributed by atoms with Crippen LogP contribution in [0.3, 0.4) is 0 Å². The molecule has 0 aliphatic heterocycles. The van der Waals surface area contributed by atoms with E-state index in [1.54, 1.807) is 16.4 Å². The predicted molar refractivity (Wildman–Crippen MR) is 83.1 cm³/mol. The van der Waals surface area contributed by atoms with Gasteiger partial charge in [-0.3, -0.25) is 4.68 Å². The normalized spacial score (nSPS) is 14.0. The number of hydrogen-bond acceptors (Lipinski definition) is 4. The van der Waals surface area contributed by atoms with E-state index in [-0.39, 0.29) is 12.1 Å². The molecule has 0 amide bonds. The van der Waals surface area contributed by atoms with Gasteiger partial charge in [-0.2, -0.15) is 5.10 Å². The summed E-state index contributed by atoms with van der Waals surface area (Å²) in [6, 6.07) is 7.97. The van der Waals surface area contributed by atoms with E-state index < -0.39 is 0 Å². The highest BCUT2D eigenvalue weighted by molar-refractivity contribution is 7.98. The Morgan fingerprint density at radius 1 is 1.40 bits per heavy atom. The number of benzene rings is 1. The quantitative estimate of drug-likeness (QED) is 0.831. The second-order valence-corrected chi connectivity index (χ2v) is 5.56.